The van der Waals surface area contributed by atoms with Crippen LogP contribution in [0.2, 0.25) is 0 Å². The zero-order valence-electron chi connectivity index (χ0n) is 22.0. The van der Waals surface area contributed by atoms with E-state index in [4.69, 9.17) is 28.4 Å². The van der Waals surface area contributed by atoms with Crippen LogP contribution in [0.5, 0.6) is 17.4 Å². The highest BCUT2D eigenvalue weighted by atomic mass is 16.7. The van der Waals surface area contributed by atoms with E-state index in [1.54, 1.807) is 32.5 Å². The minimum Gasteiger partial charge on any atom is -0.497 e. The molecule has 198 valence electrons. The van der Waals surface area contributed by atoms with E-state index in [2.05, 4.69) is 4.98 Å². The van der Waals surface area contributed by atoms with E-state index < -0.39 is 5.91 Å². The van der Waals surface area contributed by atoms with Crippen molar-refractivity contribution in [2.24, 2.45) is 0 Å². The topological polar surface area (TPSA) is 99.4 Å². The van der Waals surface area contributed by atoms with Crippen LogP contribution < -0.4 is 19.1 Å². The molecule has 0 radical (unpaired) electrons. The highest BCUT2D eigenvalue weighted by molar-refractivity contribution is 5.96. The molecule has 10 heteroatoms. The Labute approximate surface area is 221 Å². The van der Waals surface area contributed by atoms with Crippen LogP contribution in [0.15, 0.2) is 71.3 Å². The summed E-state index contributed by atoms with van der Waals surface area (Å²) < 4.78 is 21.9. The Kier molecular flexibility index (Phi) is 8.44. The molecular weight excluding hydrogens is 488 g/mol. The van der Waals surface area contributed by atoms with Gasteiger partial charge in [0.1, 0.15) is 11.5 Å². The van der Waals surface area contributed by atoms with Gasteiger partial charge in [-0.1, -0.05) is 24.3 Å². The number of methoxy groups -OCH3 is 3. The van der Waals surface area contributed by atoms with Crippen LogP contribution in [0.3, 0.4) is 0 Å². The Morgan fingerprint density at radius 3 is 1.92 bits per heavy atom. The van der Waals surface area contributed by atoms with Crippen LogP contribution in [0, 0.1) is 0 Å². The molecule has 0 atom stereocenters. The number of carbonyl (C=O) groups is 1. The summed E-state index contributed by atoms with van der Waals surface area (Å²) in [7, 11) is 7.71. The third-order valence-electron chi connectivity index (χ3n) is 5.92. The fraction of sp³-hybridized carbons (Fsp3) is 0.250. The molecule has 0 aliphatic heterocycles. The summed E-state index contributed by atoms with van der Waals surface area (Å²) in [5.41, 5.74) is 2.60. The van der Waals surface area contributed by atoms with Crippen molar-refractivity contribution in [1.82, 2.24) is 15.0 Å². The van der Waals surface area contributed by atoms with Crippen molar-refractivity contribution in [2.45, 2.75) is 13.1 Å². The Bertz CT molecular complexity index is 1310. The molecule has 0 saturated heterocycles. The Hall–Kier alpha value is -4.57. The van der Waals surface area contributed by atoms with Gasteiger partial charge in [-0.3, -0.25) is 9.63 Å². The first-order valence-corrected chi connectivity index (χ1v) is 11.8. The van der Waals surface area contributed by atoms with Crippen molar-refractivity contribution in [2.75, 3.05) is 40.4 Å². The first-order chi connectivity index (χ1) is 18.4. The molecule has 2 aromatic heterocycles. The molecule has 0 N–H and O–H groups in total. The zero-order valence-corrected chi connectivity index (χ0v) is 22.0. The molecule has 4 aromatic rings. The van der Waals surface area contributed by atoms with E-state index in [0.717, 1.165) is 27.7 Å². The number of anilines is 1. The Morgan fingerprint density at radius 2 is 1.42 bits per heavy atom. The number of oxazole rings is 1. The first kappa shape index (κ1) is 26.5. The van der Waals surface area contributed by atoms with Crippen molar-refractivity contribution in [1.29, 1.82) is 0 Å². The predicted octanol–water partition coefficient (Wildman–Crippen LogP) is 4.60. The Balaban J connectivity index is 1.80. The number of hydrogen-bond donors (Lipinski definition) is 0. The molecule has 0 unspecified atom stereocenters. The van der Waals surface area contributed by atoms with Gasteiger partial charge in [-0.25, -0.2) is 10.0 Å². The number of hydroxylamine groups is 2. The van der Waals surface area contributed by atoms with Crippen molar-refractivity contribution >= 4 is 11.7 Å². The van der Waals surface area contributed by atoms with Crippen molar-refractivity contribution in [3.8, 4) is 28.8 Å². The largest absolute Gasteiger partial charge is 0.497 e. The van der Waals surface area contributed by atoms with E-state index >= 15 is 0 Å². The van der Waals surface area contributed by atoms with Gasteiger partial charge in [0.2, 0.25) is 17.5 Å². The summed E-state index contributed by atoms with van der Waals surface area (Å²) in [6.45, 7) is 0.886. The number of nitrogens with zero attached hydrogens (tertiary/aromatic N) is 4. The lowest BCUT2D eigenvalue weighted by Crippen LogP contribution is -2.29. The second kappa shape index (κ2) is 12.1. The third kappa shape index (κ3) is 6.04. The summed E-state index contributed by atoms with van der Waals surface area (Å²) >= 11 is 0. The number of hydrogen-bond acceptors (Lipinski definition) is 9. The van der Waals surface area contributed by atoms with Gasteiger partial charge >= 0.3 is 5.91 Å². The molecule has 2 heterocycles. The summed E-state index contributed by atoms with van der Waals surface area (Å²) in [5.74, 6) is 2.10. The second-order valence-electron chi connectivity index (χ2n) is 8.30. The first-order valence-electron chi connectivity index (χ1n) is 11.8. The molecule has 0 aliphatic carbocycles. The lowest BCUT2D eigenvalue weighted by Gasteiger charge is -2.24. The summed E-state index contributed by atoms with van der Waals surface area (Å²) in [6, 6.07) is 18.9. The molecule has 0 spiro atoms. The molecule has 4 rings (SSSR count). The molecule has 2 aromatic carbocycles. The second-order valence-corrected chi connectivity index (χ2v) is 8.30. The molecule has 10 nitrogen and oxygen atoms in total. The molecule has 0 fully saturated rings. The van der Waals surface area contributed by atoms with Gasteiger partial charge in [0, 0.05) is 38.0 Å². The number of ether oxygens (including phenoxy) is 3. The van der Waals surface area contributed by atoms with Crippen LogP contribution in [0.25, 0.3) is 11.5 Å². The smallest absolute Gasteiger partial charge is 0.316 e. The number of pyridine rings is 1. The lowest BCUT2D eigenvalue weighted by atomic mass is 10.1. The van der Waals surface area contributed by atoms with Gasteiger partial charge < -0.3 is 23.5 Å². The maximum Gasteiger partial charge on any atom is 0.316 e. The number of aromatic nitrogens is 2. The van der Waals surface area contributed by atoms with Crippen LogP contribution in [0.1, 0.15) is 21.7 Å². The van der Waals surface area contributed by atoms with Crippen LogP contribution in [0.4, 0.5) is 5.82 Å². The van der Waals surface area contributed by atoms with Gasteiger partial charge in [0.25, 0.3) is 0 Å². The molecule has 1 amide bonds. The normalized spacial score (nSPS) is 10.7. The van der Waals surface area contributed by atoms with Crippen molar-refractivity contribution < 1.29 is 28.3 Å². The van der Waals surface area contributed by atoms with E-state index in [1.165, 1.54) is 21.3 Å². The third-order valence-corrected chi connectivity index (χ3v) is 5.92. The van der Waals surface area contributed by atoms with Crippen LogP contribution in [-0.4, -0.2) is 56.4 Å². The van der Waals surface area contributed by atoms with E-state index in [9.17, 15) is 4.79 Å². The average Bonchev–Trinajstić information content (AvgIpc) is 3.42. The van der Waals surface area contributed by atoms with Gasteiger partial charge in [-0.05, 0) is 41.5 Å². The predicted molar refractivity (Wildman–Crippen MR) is 141 cm³/mol. The van der Waals surface area contributed by atoms with Crippen LogP contribution >= 0.6 is 0 Å². The van der Waals surface area contributed by atoms with Crippen molar-refractivity contribution in [3.63, 3.8) is 0 Å². The lowest BCUT2D eigenvalue weighted by molar-refractivity contribution is -0.0772. The fourth-order valence-electron chi connectivity index (χ4n) is 3.78. The number of benzene rings is 2. The van der Waals surface area contributed by atoms with Gasteiger partial charge in [-0.2, -0.15) is 4.98 Å². The highest BCUT2D eigenvalue weighted by Gasteiger charge is 2.28. The molecular formula is C28H30N4O6. The van der Waals surface area contributed by atoms with E-state index in [1.807, 2.05) is 53.4 Å². The monoisotopic (exact) mass is 518 g/mol. The maximum atomic E-state index is 13.3. The SMILES string of the molecule is COc1ccc(CN(Cc2ccc(OC)cc2)c2nc(-c3ccnc(OC)c3)oc2C(=O)N(C)OC)cc1. The summed E-state index contributed by atoms with van der Waals surface area (Å²) in [4.78, 5) is 29.4. The maximum absolute atomic E-state index is 13.3. The highest BCUT2D eigenvalue weighted by Crippen LogP contribution is 2.32. The quantitative estimate of drug-likeness (QED) is 0.264. The molecule has 0 saturated carbocycles. The number of amides is 1. The minimum absolute atomic E-state index is 0.0437. The number of carbonyl (C=O) groups excluding carboxylic acids is 1. The summed E-state index contributed by atoms with van der Waals surface area (Å²) in [5, 5.41) is 1.10. The Morgan fingerprint density at radius 1 is 0.842 bits per heavy atom. The van der Waals surface area contributed by atoms with Crippen molar-refractivity contribution in [3.05, 3.63) is 83.7 Å². The standard InChI is InChI=1S/C28H30N4O6/c1-31(37-5)28(33)25-26(30-27(38-25)21-14-15-29-24(16-21)36-4)32(17-19-6-10-22(34-2)11-7-19)18-20-8-12-23(35-3)13-9-20/h6-16H,17-18H2,1-5H3. The minimum atomic E-state index is -0.475. The fourth-order valence-corrected chi connectivity index (χ4v) is 3.78. The zero-order chi connectivity index (χ0) is 27.1. The summed E-state index contributed by atoms with van der Waals surface area (Å²) in [6.07, 6.45) is 1.59. The van der Waals surface area contributed by atoms with Gasteiger partial charge in [0.05, 0.1) is 28.4 Å². The van der Waals surface area contributed by atoms with Crippen LogP contribution in [-0.2, 0) is 17.9 Å². The average molecular weight is 519 g/mol. The van der Waals surface area contributed by atoms with E-state index in [-0.39, 0.29) is 11.7 Å². The van der Waals surface area contributed by atoms with Gasteiger partial charge in [0.15, 0.2) is 5.82 Å². The van der Waals surface area contributed by atoms with Gasteiger partial charge in [-0.15, -0.1) is 0 Å². The van der Waals surface area contributed by atoms with E-state index in [0.29, 0.717) is 30.4 Å². The molecule has 0 bridgehead atoms. The molecule has 38 heavy (non-hydrogen) atoms. The number of rotatable bonds is 11. The molecule has 0 aliphatic rings.